The average Bonchev–Trinajstić information content (AvgIpc) is 1.77. The first-order valence-corrected chi connectivity index (χ1v) is 2.27. The molecular weight excluding hydrogens is 111 g/mol. The summed E-state index contributed by atoms with van der Waals surface area (Å²) in [6.07, 6.45) is 0. The Hall–Kier alpha value is -0.583. The second-order valence-corrected chi connectivity index (χ2v) is 1.52. The van der Waals surface area contributed by atoms with E-state index in [1.165, 1.54) is 24.3 Å². The third-order valence-electron chi connectivity index (χ3n) is 0.850. The maximum absolute atomic E-state index is 8.65. The Balaban J connectivity index is 0.000000640. The number of hydrogen-bond acceptors (Lipinski definition) is 2. The van der Waals surface area contributed by atoms with Crippen LogP contribution in [0.3, 0.4) is 0 Å². The molecule has 1 aromatic carbocycles. The molecule has 0 aliphatic heterocycles. The molecule has 0 spiro atoms. The van der Waals surface area contributed by atoms with Crippen molar-refractivity contribution in [1.29, 1.82) is 0 Å². The number of phenolic OH excluding ortho intramolecular Hbond substituents is 2. The van der Waals surface area contributed by atoms with Gasteiger partial charge in [0, 0.05) is 0 Å². The predicted molar refractivity (Wildman–Crippen MR) is 36.9 cm³/mol. The summed E-state index contributed by atoms with van der Waals surface area (Å²) in [4.78, 5) is 0. The van der Waals surface area contributed by atoms with Gasteiger partial charge in [0.15, 0.2) is 0 Å². The van der Waals surface area contributed by atoms with Gasteiger partial charge in [0.25, 0.3) is 0 Å². The molecule has 0 radical (unpaired) electrons. The zero-order valence-electron chi connectivity index (χ0n) is 4.20. The Labute approximate surface area is 65.3 Å². The van der Waals surface area contributed by atoms with E-state index in [9.17, 15) is 0 Å². The number of aromatic hydroxyl groups is 2. The molecule has 0 amide bonds. The van der Waals surface area contributed by atoms with Crippen molar-refractivity contribution in [3.63, 3.8) is 0 Å². The number of hydrogen-bond donors (Lipinski definition) is 2. The monoisotopic (exact) mass is 118 g/mol. The van der Waals surface area contributed by atoms with Gasteiger partial charge in [0.2, 0.25) is 0 Å². The van der Waals surface area contributed by atoms with Gasteiger partial charge in [0.05, 0.1) is 0 Å². The van der Waals surface area contributed by atoms with Crippen molar-refractivity contribution in [2.24, 2.45) is 0 Å². The van der Waals surface area contributed by atoms with Crippen molar-refractivity contribution in [3.8, 4) is 11.5 Å². The second kappa shape index (κ2) is 3.44. The molecule has 3 heteroatoms. The summed E-state index contributed by atoms with van der Waals surface area (Å²) in [6, 6.07) is 5.70. The fourth-order valence-corrected chi connectivity index (χ4v) is 0.453. The van der Waals surface area contributed by atoms with E-state index in [2.05, 4.69) is 0 Å². The summed E-state index contributed by atoms with van der Waals surface area (Å²) in [5, 5.41) is 17.3. The van der Waals surface area contributed by atoms with Crippen LogP contribution >= 0.6 is 0 Å². The van der Waals surface area contributed by atoms with Gasteiger partial charge in [-0.3, -0.25) is 0 Å². The molecule has 0 atom stereocenters. The Morgan fingerprint density at radius 2 is 1.00 bits per heavy atom. The molecular formula is C6H7LiO2. The molecule has 2 nitrogen and oxygen atoms in total. The molecule has 0 aliphatic rings. The third kappa shape index (κ3) is 2.45. The van der Waals surface area contributed by atoms with Gasteiger partial charge in [-0.05, 0) is 24.3 Å². The first-order valence-electron chi connectivity index (χ1n) is 2.27. The van der Waals surface area contributed by atoms with Gasteiger partial charge < -0.3 is 10.2 Å². The van der Waals surface area contributed by atoms with Crippen LogP contribution in [0.4, 0.5) is 0 Å². The number of phenols is 2. The molecule has 2 N–H and O–H groups in total. The molecule has 0 aromatic heterocycles. The quantitative estimate of drug-likeness (QED) is 0.383. The molecule has 0 bridgehead atoms. The fraction of sp³-hybridized carbons (Fsp3) is 0. The van der Waals surface area contributed by atoms with Crippen molar-refractivity contribution >= 4 is 18.9 Å². The summed E-state index contributed by atoms with van der Waals surface area (Å²) in [6.45, 7) is 0. The molecule has 0 saturated carbocycles. The van der Waals surface area contributed by atoms with E-state index in [-0.39, 0.29) is 30.4 Å². The molecule has 9 heavy (non-hydrogen) atoms. The summed E-state index contributed by atoms with van der Waals surface area (Å²) in [5.41, 5.74) is 0. The van der Waals surface area contributed by atoms with Gasteiger partial charge >= 0.3 is 18.9 Å². The van der Waals surface area contributed by atoms with Crippen LogP contribution in [-0.4, -0.2) is 29.1 Å². The minimum absolute atomic E-state index is 0. The molecule has 0 saturated heterocycles. The van der Waals surface area contributed by atoms with Crippen LogP contribution < -0.4 is 0 Å². The normalized spacial score (nSPS) is 8.00. The Morgan fingerprint density at radius 3 is 1.22 bits per heavy atom. The average molecular weight is 118 g/mol. The molecule has 0 unspecified atom stereocenters. The van der Waals surface area contributed by atoms with Crippen molar-refractivity contribution in [2.75, 3.05) is 0 Å². The van der Waals surface area contributed by atoms with Gasteiger partial charge in [-0.2, -0.15) is 0 Å². The van der Waals surface area contributed by atoms with Crippen molar-refractivity contribution in [3.05, 3.63) is 24.3 Å². The molecule has 0 aliphatic carbocycles. The number of rotatable bonds is 0. The van der Waals surface area contributed by atoms with Crippen molar-refractivity contribution in [1.82, 2.24) is 0 Å². The van der Waals surface area contributed by atoms with Crippen LogP contribution in [0.2, 0.25) is 0 Å². The minimum atomic E-state index is 0. The first-order chi connectivity index (χ1) is 3.79. The second-order valence-electron chi connectivity index (χ2n) is 1.52. The zero-order valence-corrected chi connectivity index (χ0v) is 4.20. The summed E-state index contributed by atoms with van der Waals surface area (Å²) >= 11 is 0. The standard InChI is InChI=1S/C6H6O2.Li.H/c7-5-1-2-6(8)4-3-5;;/h1-4,7-8H;;. The topological polar surface area (TPSA) is 40.5 Å². The maximum atomic E-state index is 8.65. The molecule has 1 rings (SSSR count). The van der Waals surface area contributed by atoms with Crippen LogP contribution in [0.1, 0.15) is 0 Å². The van der Waals surface area contributed by atoms with E-state index in [1.807, 2.05) is 0 Å². The van der Waals surface area contributed by atoms with E-state index in [0.29, 0.717) is 0 Å². The Kier molecular flexibility index (Phi) is 3.22. The SMILES string of the molecule is Oc1ccc(O)cc1.[LiH]. The van der Waals surface area contributed by atoms with Gasteiger partial charge in [-0.25, -0.2) is 0 Å². The molecule has 0 fully saturated rings. The molecule has 0 heterocycles. The van der Waals surface area contributed by atoms with E-state index >= 15 is 0 Å². The summed E-state index contributed by atoms with van der Waals surface area (Å²) in [7, 11) is 0. The van der Waals surface area contributed by atoms with Gasteiger partial charge in [-0.1, -0.05) is 0 Å². The third-order valence-corrected chi connectivity index (χ3v) is 0.850. The van der Waals surface area contributed by atoms with Crippen LogP contribution in [0.15, 0.2) is 24.3 Å². The Bertz CT molecular complexity index is 150. The van der Waals surface area contributed by atoms with Gasteiger partial charge in [0.1, 0.15) is 11.5 Å². The van der Waals surface area contributed by atoms with E-state index in [0.717, 1.165) is 0 Å². The molecule has 44 valence electrons. The van der Waals surface area contributed by atoms with Crippen molar-refractivity contribution in [2.45, 2.75) is 0 Å². The van der Waals surface area contributed by atoms with Crippen molar-refractivity contribution < 1.29 is 10.2 Å². The van der Waals surface area contributed by atoms with E-state index < -0.39 is 0 Å². The molecule has 1 aromatic rings. The van der Waals surface area contributed by atoms with Crippen LogP contribution in [-0.2, 0) is 0 Å². The summed E-state index contributed by atoms with van der Waals surface area (Å²) < 4.78 is 0. The summed E-state index contributed by atoms with van der Waals surface area (Å²) in [5.74, 6) is 0.339. The number of benzene rings is 1. The fourth-order valence-electron chi connectivity index (χ4n) is 0.453. The van der Waals surface area contributed by atoms with Crippen LogP contribution in [0.5, 0.6) is 11.5 Å². The van der Waals surface area contributed by atoms with Crippen LogP contribution in [0.25, 0.3) is 0 Å². The van der Waals surface area contributed by atoms with E-state index in [1.54, 1.807) is 0 Å². The Morgan fingerprint density at radius 1 is 0.778 bits per heavy atom. The van der Waals surface area contributed by atoms with Crippen LogP contribution in [0, 0.1) is 0 Å². The predicted octanol–water partition coefficient (Wildman–Crippen LogP) is 0.449. The zero-order chi connectivity index (χ0) is 5.98. The first kappa shape index (κ1) is 8.42. The van der Waals surface area contributed by atoms with E-state index in [4.69, 9.17) is 10.2 Å². The van der Waals surface area contributed by atoms with Gasteiger partial charge in [-0.15, -0.1) is 0 Å².